The quantitative estimate of drug-likeness (QED) is 0.394. The van der Waals surface area contributed by atoms with Crippen molar-refractivity contribution < 1.29 is 20.1 Å². The molecule has 1 aromatic rings. The van der Waals surface area contributed by atoms with Crippen LogP contribution >= 0.6 is 0 Å². The summed E-state index contributed by atoms with van der Waals surface area (Å²) >= 11 is 0. The van der Waals surface area contributed by atoms with Crippen LogP contribution in [0, 0.1) is 11.3 Å². The van der Waals surface area contributed by atoms with Gasteiger partial charge in [-0.3, -0.25) is 20.1 Å². The van der Waals surface area contributed by atoms with E-state index in [4.69, 9.17) is 15.8 Å². The number of hydrogen-bond donors (Lipinski definition) is 2. The van der Waals surface area contributed by atoms with Gasteiger partial charge in [-0.25, -0.2) is 0 Å². The maximum Gasteiger partial charge on any atom is 0.554 e. The van der Waals surface area contributed by atoms with Crippen molar-refractivity contribution in [3.8, 4) is 6.07 Å². The first-order chi connectivity index (χ1) is 6.31. The third-order valence-electron chi connectivity index (χ3n) is 1.48. The maximum atomic E-state index is 8.53. The van der Waals surface area contributed by atoms with Crippen LogP contribution < -0.4 is 5.46 Å². The van der Waals surface area contributed by atoms with E-state index in [-0.39, 0.29) is 0 Å². The Balaban J connectivity index is 2.94. The molecule has 0 spiro atoms. The van der Waals surface area contributed by atoms with Crippen LogP contribution in [0.1, 0.15) is 5.56 Å². The molecule has 5 nitrogen and oxygen atoms in total. The monoisotopic (exact) mass is 179 g/mol. The lowest BCUT2D eigenvalue weighted by Crippen LogP contribution is -2.35. The second-order valence-electron chi connectivity index (χ2n) is 2.28. The second-order valence-corrected chi connectivity index (χ2v) is 2.28. The van der Waals surface area contributed by atoms with Crippen LogP contribution in [0.3, 0.4) is 0 Å². The molecule has 0 heterocycles. The van der Waals surface area contributed by atoms with E-state index in [0.717, 1.165) is 0 Å². The van der Waals surface area contributed by atoms with Crippen molar-refractivity contribution in [1.29, 1.82) is 5.26 Å². The fourth-order valence-electron chi connectivity index (χ4n) is 0.896. The summed E-state index contributed by atoms with van der Waals surface area (Å²) in [6.07, 6.45) is 0. The number of nitriles is 1. The molecule has 1 aromatic carbocycles. The second kappa shape index (κ2) is 4.59. The number of benzene rings is 1. The predicted molar refractivity (Wildman–Crippen MR) is 44.0 cm³/mol. The van der Waals surface area contributed by atoms with Crippen molar-refractivity contribution in [2.75, 3.05) is 0 Å². The summed E-state index contributed by atoms with van der Waals surface area (Å²) in [7, 11) is -1.28. The average molecular weight is 179 g/mol. The first-order valence-corrected chi connectivity index (χ1v) is 3.42. The molecule has 0 saturated heterocycles. The fourth-order valence-corrected chi connectivity index (χ4v) is 0.896. The van der Waals surface area contributed by atoms with E-state index in [1.165, 1.54) is 12.1 Å². The molecule has 66 valence electrons. The van der Waals surface area contributed by atoms with Crippen LogP contribution in [-0.2, 0) is 9.61 Å². The standard InChI is InChI=1S/C7H6BNO4/c9-5-6-2-1-3-7(4-6)8(12-10)13-11/h1-4,10-11H. The van der Waals surface area contributed by atoms with Crippen LogP contribution in [0.4, 0.5) is 0 Å². The van der Waals surface area contributed by atoms with Gasteiger partial charge in [0.2, 0.25) is 0 Å². The normalized spacial score (nSPS) is 9.31. The summed E-state index contributed by atoms with van der Waals surface area (Å²) in [4.78, 5) is 7.61. The summed E-state index contributed by atoms with van der Waals surface area (Å²) in [6.45, 7) is 0. The lowest BCUT2D eigenvalue weighted by Gasteiger charge is -2.04. The Labute approximate surface area is 74.8 Å². The van der Waals surface area contributed by atoms with Crippen LogP contribution in [0.15, 0.2) is 24.3 Å². The van der Waals surface area contributed by atoms with Gasteiger partial charge in [-0.1, -0.05) is 12.1 Å². The Kier molecular flexibility index (Phi) is 3.43. The van der Waals surface area contributed by atoms with Gasteiger partial charge < -0.3 is 0 Å². The van der Waals surface area contributed by atoms with E-state index < -0.39 is 7.12 Å². The summed E-state index contributed by atoms with van der Waals surface area (Å²) in [5.41, 5.74) is 0.737. The lowest BCUT2D eigenvalue weighted by molar-refractivity contribution is -0.221. The summed E-state index contributed by atoms with van der Waals surface area (Å²) in [6, 6.07) is 8.02. The zero-order valence-electron chi connectivity index (χ0n) is 6.54. The first kappa shape index (κ1) is 9.70. The van der Waals surface area contributed by atoms with Crippen LogP contribution in [0.25, 0.3) is 0 Å². The van der Waals surface area contributed by atoms with Gasteiger partial charge in [-0.05, 0) is 17.6 Å². The molecule has 0 aliphatic heterocycles. The Morgan fingerprint density at radius 1 is 1.31 bits per heavy atom. The summed E-state index contributed by atoms with van der Waals surface area (Å²) < 4.78 is 0. The number of nitrogens with zero attached hydrogens (tertiary/aromatic N) is 1. The Bertz CT molecular complexity index is 321. The topological polar surface area (TPSA) is 82.7 Å². The Morgan fingerprint density at radius 2 is 2.00 bits per heavy atom. The fraction of sp³-hybridized carbons (Fsp3) is 0. The van der Waals surface area contributed by atoms with E-state index in [2.05, 4.69) is 9.61 Å². The molecule has 13 heavy (non-hydrogen) atoms. The minimum Gasteiger partial charge on any atom is -0.264 e. The van der Waals surface area contributed by atoms with Gasteiger partial charge in [0, 0.05) is 0 Å². The molecule has 1 rings (SSSR count). The minimum atomic E-state index is -1.28. The van der Waals surface area contributed by atoms with E-state index in [9.17, 15) is 0 Å². The van der Waals surface area contributed by atoms with Crippen LogP contribution in [0.5, 0.6) is 0 Å². The largest absolute Gasteiger partial charge is 0.554 e. The summed E-state index contributed by atoms with van der Waals surface area (Å²) in [5, 5.41) is 25.1. The highest BCUT2D eigenvalue weighted by Gasteiger charge is 2.21. The van der Waals surface area contributed by atoms with Gasteiger partial charge in [0.15, 0.2) is 0 Å². The van der Waals surface area contributed by atoms with Crippen molar-refractivity contribution in [1.82, 2.24) is 0 Å². The third-order valence-corrected chi connectivity index (χ3v) is 1.48. The molecule has 6 heteroatoms. The van der Waals surface area contributed by atoms with Gasteiger partial charge in [-0.15, -0.1) is 0 Å². The minimum absolute atomic E-state index is 0.351. The Hall–Kier alpha value is -1.39. The predicted octanol–water partition coefficient (Wildman–Crippen LogP) is 0.233. The highest BCUT2D eigenvalue weighted by atomic mass is 17.2. The van der Waals surface area contributed by atoms with Gasteiger partial charge in [-0.2, -0.15) is 5.26 Å². The molecular weight excluding hydrogens is 173 g/mol. The third kappa shape index (κ3) is 2.27. The highest BCUT2D eigenvalue weighted by Crippen LogP contribution is 1.96. The SMILES string of the molecule is N#Cc1cccc(B(OO)OO)c1. The molecule has 0 saturated carbocycles. The zero-order valence-corrected chi connectivity index (χ0v) is 6.54. The van der Waals surface area contributed by atoms with Crippen molar-refractivity contribution in [2.45, 2.75) is 0 Å². The van der Waals surface area contributed by atoms with Crippen molar-refractivity contribution >= 4 is 12.6 Å². The summed E-state index contributed by atoms with van der Waals surface area (Å²) in [5.74, 6) is 0. The highest BCUT2D eigenvalue weighted by molar-refractivity contribution is 6.60. The molecule has 0 unspecified atom stereocenters. The molecule has 0 radical (unpaired) electrons. The van der Waals surface area contributed by atoms with Crippen molar-refractivity contribution in [3.05, 3.63) is 29.8 Å². The van der Waals surface area contributed by atoms with Crippen LogP contribution in [-0.4, -0.2) is 17.6 Å². The molecule has 2 N–H and O–H groups in total. The number of rotatable bonds is 3. The molecule has 0 fully saturated rings. The van der Waals surface area contributed by atoms with E-state index in [0.29, 0.717) is 11.0 Å². The Morgan fingerprint density at radius 3 is 2.54 bits per heavy atom. The van der Waals surface area contributed by atoms with Gasteiger partial charge in [0.05, 0.1) is 11.6 Å². The maximum absolute atomic E-state index is 8.53. The van der Waals surface area contributed by atoms with E-state index in [1.807, 2.05) is 6.07 Å². The first-order valence-electron chi connectivity index (χ1n) is 3.42. The van der Waals surface area contributed by atoms with Crippen molar-refractivity contribution in [2.24, 2.45) is 0 Å². The lowest BCUT2D eigenvalue weighted by atomic mass is 9.79. The molecule has 0 aromatic heterocycles. The van der Waals surface area contributed by atoms with E-state index >= 15 is 0 Å². The van der Waals surface area contributed by atoms with E-state index in [1.54, 1.807) is 12.1 Å². The molecular formula is C7H6BNO4. The molecule has 0 aliphatic carbocycles. The molecule has 0 amide bonds. The van der Waals surface area contributed by atoms with Gasteiger partial charge in [0.1, 0.15) is 0 Å². The molecule has 0 atom stereocenters. The zero-order chi connectivity index (χ0) is 9.68. The number of hydrogen-bond acceptors (Lipinski definition) is 5. The van der Waals surface area contributed by atoms with Gasteiger partial charge in [0.25, 0.3) is 0 Å². The average Bonchev–Trinajstić information content (AvgIpc) is 2.20. The smallest absolute Gasteiger partial charge is 0.264 e. The van der Waals surface area contributed by atoms with Gasteiger partial charge >= 0.3 is 7.12 Å². The van der Waals surface area contributed by atoms with Crippen LogP contribution in [0.2, 0.25) is 0 Å². The molecule has 0 bridgehead atoms. The van der Waals surface area contributed by atoms with Crippen molar-refractivity contribution in [3.63, 3.8) is 0 Å². The molecule has 0 aliphatic rings.